The Labute approximate surface area is 141 Å². The van der Waals surface area contributed by atoms with E-state index < -0.39 is 5.97 Å². The molecule has 1 unspecified atom stereocenters. The Hall–Kier alpha value is -2.66. The fourth-order valence-electron chi connectivity index (χ4n) is 3.06. The summed E-state index contributed by atoms with van der Waals surface area (Å²) in [7, 11) is 2.10. The lowest BCUT2D eigenvalue weighted by Gasteiger charge is -2.15. The number of carbonyl (C=O) groups is 1. The fraction of sp³-hybridized carbons (Fsp3) is 0.263. The van der Waals surface area contributed by atoms with Crippen LogP contribution in [0.15, 0.2) is 48.7 Å². The fourth-order valence-corrected chi connectivity index (χ4v) is 3.06. The zero-order chi connectivity index (χ0) is 17.1. The molecule has 3 aromatic rings. The maximum atomic E-state index is 11.1. The predicted molar refractivity (Wildman–Crippen MR) is 89.4 cm³/mol. The Kier molecular flexibility index (Phi) is 4.62. The summed E-state index contributed by atoms with van der Waals surface area (Å²) >= 11 is 0. The molecule has 0 saturated heterocycles. The molecule has 2 aromatic heterocycles. The van der Waals surface area contributed by atoms with Crippen LogP contribution in [0.25, 0.3) is 5.65 Å². The van der Waals surface area contributed by atoms with Crippen molar-refractivity contribution in [1.82, 2.24) is 9.38 Å². The third-order valence-corrected chi connectivity index (χ3v) is 4.16. The van der Waals surface area contributed by atoms with Crippen LogP contribution in [0.5, 0.6) is 0 Å². The van der Waals surface area contributed by atoms with Crippen molar-refractivity contribution < 1.29 is 14.8 Å². The van der Waals surface area contributed by atoms with Gasteiger partial charge >= 0.3 is 0 Å². The van der Waals surface area contributed by atoms with Crippen molar-refractivity contribution in [2.45, 2.75) is 26.4 Å². The molecule has 3 rings (SSSR count). The van der Waals surface area contributed by atoms with Crippen molar-refractivity contribution in [2.24, 2.45) is 0 Å². The number of imidazole rings is 1. The number of aryl methyl sites for hydroxylation is 1. The summed E-state index contributed by atoms with van der Waals surface area (Å²) in [6, 6.07) is 14.2. The SMILES string of the molecule is Cc1cccn2c(C[NH+](C)Cc3ccccc3)c(CC(=O)[O-])nc12. The number of rotatable bonds is 6. The molecule has 1 atom stereocenters. The minimum Gasteiger partial charge on any atom is -0.550 e. The maximum Gasteiger partial charge on any atom is 0.140 e. The first-order valence-electron chi connectivity index (χ1n) is 8.05. The number of benzene rings is 1. The second kappa shape index (κ2) is 6.84. The number of hydrogen-bond acceptors (Lipinski definition) is 3. The van der Waals surface area contributed by atoms with E-state index in [9.17, 15) is 9.90 Å². The Balaban J connectivity index is 1.92. The van der Waals surface area contributed by atoms with E-state index in [1.54, 1.807) is 0 Å². The van der Waals surface area contributed by atoms with Crippen LogP contribution >= 0.6 is 0 Å². The first-order chi connectivity index (χ1) is 11.5. The molecule has 0 aliphatic carbocycles. The van der Waals surface area contributed by atoms with Gasteiger partial charge in [-0.1, -0.05) is 36.4 Å². The van der Waals surface area contributed by atoms with E-state index in [0.717, 1.165) is 23.4 Å². The Morgan fingerprint density at radius 2 is 1.92 bits per heavy atom. The molecule has 5 heteroatoms. The van der Waals surface area contributed by atoms with E-state index in [2.05, 4.69) is 24.2 Å². The summed E-state index contributed by atoms with van der Waals surface area (Å²) in [5, 5.41) is 11.1. The van der Waals surface area contributed by atoms with Crippen LogP contribution in [-0.2, 0) is 24.3 Å². The zero-order valence-electron chi connectivity index (χ0n) is 14.0. The zero-order valence-corrected chi connectivity index (χ0v) is 14.0. The summed E-state index contributed by atoms with van der Waals surface area (Å²) in [6.07, 6.45) is 1.79. The third kappa shape index (κ3) is 3.46. The van der Waals surface area contributed by atoms with Crippen LogP contribution < -0.4 is 10.0 Å². The second-order valence-corrected chi connectivity index (χ2v) is 6.24. The first kappa shape index (κ1) is 16.2. The largest absolute Gasteiger partial charge is 0.550 e. The molecule has 124 valence electrons. The van der Waals surface area contributed by atoms with E-state index in [-0.39, 0.29) is 6.42 Å². The van der Waals surface area contributed by atoms with E-state index in [1.807, 2.05) is 47.9 Å². The van der Waals surface area contributed by atoms with Crippen molar-refractivity contribution in [3.8, 4) is 0 Å². The number of aliphatic carboxylic acids is 1. The van der Waals surface area contributed by atoms with Crippen molar-refractivity contribution in [3.05, 3.63) is 71.2 Å². The molecule has 0 radical (unpaired) electrons. The Bertz CT molecular complexity index is 856. The van der Waals surface area contributed by atoms with Gasteiger partial charge in [-0.05, 0) is 18.6 Å². The summed E-state index contributed by atoms with van der Waals surface area (Å²) in [5.74, 6) is -1.10. The summed E-state index contributed by atoms with van der Waals surface area (Å²) in [6.45, 7) is 3.54. The second-order valence-electron chi connectivity index (χ2n) is 6.24. The number of fused-ring (bicyclic) bond motifs is 1. The molecule has 0 aliphatic heterocycles. The average Bonchev–Trinajstić information content (AvgIpc) is 2.87. The normalized spacial score (nSPS) is 12.4. The quantitative estimate of drug-likeness (QED) is 0.702. The number of carboxylic acids is 1. The van der Waals surface area contributed by atoms with E-state index in [4.69, 9.17) is 0 Å². The van der Waals surface area contributed by atoms with Crippen molar-refractivity contribution in [1.29, 1.82) is 0 Å². The van der Waals surface area contributed by atoms with Gasteiger partial charge in [0.05, 0.1) is 12.7 Å². The molecule has 2 heterocycles. The average molecular weight is 323 g/mol. The Morgan fingerprint density at radius 3 is 2.62 bits per heavy atom. The molecule has 0 saturated carbocycles. The molecule has 1 N–H and O–H groups in total. The lowest BCUT2D eigenvalue weighted by Crippen LogP contribution is -3.06. The van der Waals surface area contributed by atoms with Gasteiger partial charge in [0.25, 0.3) is 0 Å². The topological polar surface area (TPSA) is 61.9 Å². The van der Waals surface area contributed by atoms with Gasteiger partial charge < -0.3 is 14.8 Å². The van der Waals surface area contributed by atoms with Crippen molar-refractivity contribution >= 4 is 11.6 Å². The molecule has 24 heavy (non-hydrogen) atoms. The third-order valence-electron chi connectivity index (χ3n) is 4.16. The van der Waals surface area contributed by atoms with Crippen LogP contribution in [0.2, 0.25) is 0 Å². The maximum absolute atomic E-state index is 11.1. The van der Waals surface area contributed by atoms with Gasteiger partial charge in [-0.25, -0.2) is 4.98 Å². The molecular weight excluding hydrogens is 302 g/mol. The minimum atomic E-state index is -1.10. The molecular formula is C19H21N3O2. The molecule has 0 fully saturated rings. The molecule has 1 aromatic carbocycles. The van der Waals surface area contributed by atoms with Gasteiger partial charge in [0.2, 0.25) is 0 Å². The number of aromatic nitrogens is 2. The first-order valence-corrected chi connectivity index (χ1v) is 8.05. The number of carboxylic acid groups (broad SMARTS) is 1. The number of quaternary nitrogens is 1. The lowest BCUT2D eigenvalue weighted by atomic mass is 10.2. The van der Waals surface area contributed by atoms with Crippen molar-refractivity contribution in [3.63, 3.8) is 0 Å². The number of pyridine rings is 1. The highest BCUT2D eigenvalue weighted by molar-refractivity contribution is 5.68. The van der Waals surface area contributed by atoms with Crippen molar-refractivity contribution in [2.75, 3.05) is 7.05 Å². The van der Waals surface area contributed by atoms with E-state index >= 15 is 0 Å². The van der Waals surface area contributed by atoms with Crippen LogP contribution in [-0.4, -0.2) is 22.4 Å². The lowest BCUT2D eigenvalue weighted by molar-refractivity contribution is -0.908. The highest BCUT2D eigenvalue weighted by Gasteiger charge is 2.17. The predicted octanol–water partition coefficient (Wildman–Crippen LogP) is 0.150. The van der Waals surface area contributed by atoms with Crippen LogP contribution in [0.1, 0.15) is 22.5 Å². The number of carbonyl (C=O) groups excluding carboxylic acids is 1. The van der Waals surface area contributed by atoms with Crippen LogP contribution in [0.3, 0.4) is 0 Å². The molecule has 5 nitrogen and oxygen atoms in total. The smallest absolute Gasteiger partial charge is 0.140 e. The molecule has 0 aliphatic rings. The summed E-state index contributed by atoms with van der Waals surface area (Å²) in [5.41, 5.74) is 4.63. The van der Waals surface area contributed by atoms with Gasteiger partial charge in [-0.2, -0.15) is 0 Å². The minimum absolute atomic E-state index is 0.158. The number of nitrogens with one attached hydrogen (secondary N) is 1. The monoisotopic (exact) mass is 323 g/mol. The van der Waals surface area contributed by atoms with Gasteiger partial charge in [-0.15, -0.1) is 0 Å². The summed E-state index contributed by atoms with van der Waals surface area (Å²) in [4.78, 5) is 16.9. The highest BCUT2D eigenvalue weighted by Crippen LogP contribution is 2.16. The van der Waals surface area contributed by atoms with Crippen LogP contribution in [0, 0.1) is 6.92 Å². The van der Waals surface area contributed by atoms with Gasteiger partial charge in [0.15, 0.2) is 0 Å². The number of hydrogen-bond donors (Lipinski definition) is 1. The van der Waals surface area contributed by atoms with Gasteiger partial charge in [0.1, 0.15) is 24.4 Å². The molecule has 0 bridgehead atoms. The Morgan fingerprint density at radius 1 is 1.17 bits per heavy atom. The molecule has 0 spiro atoms. The van der Waals surface area contributed by atoms with Gasteiger partial charge in [-0.3, -0.25) is 4.40 Å². The van der Waals surface area contributed by atoms with Gasteiger partial charge in [0, 0.05) is 24.2 Å². The van der Waals surface area contributed by atoms with Crippen LogP contribution in [0.4, 0.5) is 0 Å². The standard InChI is InChI=1S/C19H21N3O2/c1-14-7-6-10-22-17(16(11-18(23)24)20-19(14)22)13-21(2)12-15-8-4-3-5-9-15/h3-10H,11-13H2,1-2H3,(H,23,24). The molecule has 0 amide bonds. The number of nitrogens with zero attached hydrogens (tertiary/aromatic N) is 2. The summed E-state index contributed by atoms with van der Waals surface area (Å²) < 4.78 is 2.00. The highest BCUT2D eigenvalue weighted by atomic mass is 16.4. The van der Waals surface area contributed by atoms with E-state index in [1.165, 1.54) is 10.5 Å². The van der Waals surface area contributed by atoms with E-state index in [0.29, 0.717) is 12.2 Å².